The summed E-state index contributed by atoms with van der Waals surface area (Å²) in [7, 11) is -3.60. The fourth-order valence-corrected chi connectivity index (χ4v) is 4.95. The van der Waals surface area contributed by atoms with E-state index in [9.17, 15) is 18.0 Å². The van der Waals surface area contributed by atoms with E-state index in [1.165, 1.54) is 4.31 Å². The number of nitrogens with one attached hydrogen (secondary N) is 1. The molecular formula is C26H35N3O6S. The Kier molecular flexibility index (Phi) is 9.19. The maximum atomic E-state index is 13.3. The predicted molar refractivity (Wildman–Crippen MR) is 138 cm³/mol. The standard InChI is InChI=1S/C26H35N3O6S/c1-5-14-27-26(31)20(3)28(17-21-10-7-6-9-19(21)2)25(30)11-8-15-29(36(4,32)33)22-12-13-23-24(16-22)35-18-34-23/h6-7,9-10,12-13,16,20H,5,8,11,14-15,17-18H2,1-4H3,(H,27,31)/t20-/m1/s1. The molecule has 1 aliphatic heterocycles. The van der Waals surface area contributed by atoms with Gasteiger partial charge < -0.3 is 19.7 Å². The third-order valence-corrected chi connectivity index (χ3v) is 7.31. The molecule has 1 N–H and O–H groups in total. The van der Waals surface area contributed by atoms with Gasteiger partial charge in [-0.25, -0.2) is 8.42 Å². The van der Waals surface area contributed by atoms with Crippen LogP contribution >= 0.6 is 0 Å². The van der Waals surface area contributed by atoms with Gasteiger partial charge in [0, 0.05) is 32.1 Å². The van der Waals surface area contributed by atoms with Crippen molar-refractivity contribution in [3.05, 3.63) is 53.6 Å². The highest BCUT2D eigenvalue weighted by Gasteiger charge is 2.27. The van der Waals surface area contributed by atoms with Crippen molar-refractivity contribution in [2.24, 2.45) is 0 Å². The average Bonchev–Trinajstić information content (AvgIpc) is 3.31. The molecule has 2 aromatic rings. The van der Waals surface area contributed by atoms with Crippen molar-refractivity contribution < 1.29 is 27.5 Å². The molecule has 1 atom stereocenters. The number of hydrogen-bond acceptors (Lipinski definition) is 6. The van der Waals surface area contributed by atoms with E-state index < -0.39 is 16.1 Å². The highest BCUT2D eigenvalue weighted by atomic mass is 32.2. The SMILES string of the molecule is CCCNC(=O)[C@@H](C)N(Cc1ccccc1C)C(=O)CCCN(c1ccc2c(c1)OCO2)S(C)(=O)=O. The first-order chi connectivity index (χ1) is 17.1. The second-order valence-electron chi connectivity index (χ2n) is 8.89. The summed E-state index contributed by atoms with van der Waals surface area (Å²) in [6.07, 6.45) is 2.30. The number of hydrogen-bond donors (Lipinski definition) is 1. The van der Waals surface area contributed by atoms with Gasteiger partial charge in [-0.1, -0.05) is 31.2 Å². The normalized spacial score (nSPS) is 13.2. The number of fused-ring (bicyclic) bond motifs is 1. The van der Waals surface area contributed by atoms with E-state index in [0.717, 1.165) is 23.8 Å². The predicted octanol–water partition coefficient (Wildman–Crippen LogP) is 3.21. The lowest BCUT2D eigenvalue weighted by Crippen LogP contribution is -2.48. The molecule has 0 saturated carbocycles. The first-order valence-electron chi connectivity index (χ1n) is 12.1. The lowest BCUT2D eigenvalue weighted by molar-refractivity contribution is -0.140. The maximum Gasteiger partial charge on any atom is 0.242 e. The number of aryl methyl sites for hydroxylation is 1. The molecule has 10 heteroatoms. The smallest absolute Gasteiger partial charge is 0.242 e. The van der Waals surface area contributed by atoms with E-state index in [4.69, 9.17) is 9.47 Å². The molecule has 0 aromatic heterocycles. The summed E-state index contributed by atoms with van der Waals surface area (Å²) in [5, 5.41) is 2.86. The molecule has 196 valence electrons. The Morgan fingerprint density at radius 1 is 1.11 bits per heavy atom. The Balaban J connectivity index is 1.73. The zero-order valence-corrected chi connectivity index (χ0v) is 22.1. The fourth-order valence-electron chi connectivity index (χ4n) is 3.99. The Hall–Kier alpha value is -3.27. The van der Waals surface area contributed by atoms with E-state index >= 15 is 0 Å². The van der Waals surface area contributed by atoms with Crippen LogP contribution in [0.15, 0.2) is 42.5 Å². The summed E-state index contributed by atoms with van der Waals surface area (Å²) >= 11 is 0. The molecule has 0 unspecified atom stereocenters. The zero-order valence-electron chi connectivity index (χ0n) is 21.3. The minimum Gasteiger partial charge on any atom is -0.454 e. The van der Waals surface area contributed by atoms with Crippen LogP contribution < -0.4 is 19.1 Å². The summed E-state index contributed by atoms with van der Waals surface area (Å²) in [5.41, 5.74) is 2.43. The second kappa shape index (κ2) is 12.1. The van der Waals surface area contributed by atoms with E-state index in [0.29, 0.717) is 30.3 Å². The van der Waals surface area contributed by atoms with Crippen molar-refractivity contribution >= 4 is 27.5 Å². The quantitative estimate of drug-likeness (QED) is 0.464. The number of rotatable bonds is 12. The van der Waals surface area contributed by atoms with Crippen molar-refractivity contribution in [1.29, 1.82) is 0 Å². The topological polar surface area (TPSA) is 105 Å². The zero-order chi connectivity index (χ0) is 26.3. The molecule has 1 heterocycles. The second-order valence-corrected chi connectivity index (χ2v) is 10.8. The number of carbonyl (C=O) groups is 2. The van der Waals surface area contributed by atoms with Crippen molar-refractivity contribution in [3.8, 4) is 11.5 Å². The Morgan fingerprint density at radius 3 is 2.53 bits per heavy atom. The molecule has 3 rings (SSSR count). The summed E-state index contributed by atoms with van der Waals surface area (Å²) in [6.45, 7) is 6.69. The van der Waals surface area contributed by atoms with Crippen LogP contribution in [-0.4, -0.2) is 57.3 Å². The van der Waals surface area contributed by atoms with Gasteiger partial charge in [0.1, 0.15) is 6.04 Å². The lowest BCUT2D eigenvalue weighted by atomic mass is 10.1. The number of nitrogens with zero attached hydrogens (tertiary/aromatic N) is 2. The number of carbonyl (C=O) groups excluding carboxylic acids is 2. The number of ether oxygens (including phenoxy) is 2. The van der Waals surface area contributed by atoms with Gasteiger partial charge >= 0.3 is 0 Å². The van der Waals surface area contributed by atoms with Crippen molar-refractivity contribution in [2.75, 3.05) is 30.4 Å². The fraction of sp³-hybridized carbons (Fsp3) is 0.462. The molecule has 1 aliphatic rings. The summed E-state index contributed by atoms with van der Waals surface area (Å²) in [4.78, 5) is 27.6. The highest BCUT2D eigenvalue weighted by molar-refractivity contribution is 7.92. The highest BCUT2D eigenvalue weighted by Crippen LogP contribution is 2.36. The summed E-state index contributed by atoms with van der Waals surface area (Å²) in [5.74, 6) is 0.617. The number of sulfonamides is 1. The minimum absolute atomic E-state index is 0.0902. The van der Waals surface area contributed by atoms with Crippen LogP contribution in [0.25, 0.3) is 0 Å². The van der Waals surface area contributed by atoms with Crippen LogP contribution in [0.4, 0.5) is 5.69 Å². The van der Waals surface area contributed by atoms with E-state index in [1.807, 2.05) is 38.1 Å². The first kappa shape index (κ1) is 27.3. The molecule has 2 aromatic carbocycles. The van der Waals surface area contributed by atoms with Crippen LogP contribution in [0, 0.1) is 6.92 Å². The average molecular weight is 518 g/mol. The molecule has 0 aliphatic carbocycles. The van der Waals surface area contributed by atoms with Gasteiger partial charge in [0.15, 0.2) is 11.5 Å². The van der Waals surface area contributed by atoms with Gasteiger partial charge in [0.05, 0.1) is 11.9 Å². The Bertz CT molecular complexity index is 1180. The minimum atomic E-state index is -3.60. The number of anilines is 1. The summed E-state index contributed by atoms with van der Waals surface area (Å²) in [6, 6.07) is 12.0. The Labute approximate surface area is 213 Å². The number of amides is 2. The maximum absolute atomic E-state index is 13.3. The molecule has 2 amide bonds. The van der Waals surface area contributed by atoms with Crippen LogP contribution in [0.1, 0.15) is 44.2 Å². The lowest BCUT2D eigenvalue weighted by Gasteiger charge is -2.30. The van der Waals surface area contributed by atoms with Gasteiger partial charge in [-0.3, -0.25) is 13.9 Å². The Morgan fingerprint density at radius 2 is 1.83 bits per heavy atom. The van der Waals surface area contributed by atoms with Gasteiger partial charge in [0.2, 0.25) is 28.6 Å². The molecule has 0 saturated heterocycles. The molecular weight excluding hydrogens is 482 g/mol. The molecule has 0 bridgehead atoms. The molecule has 36 heavy (non-hydrogen) atoms. The summed E-state index contributed by atoms with van der Waals surface area (Å²) < 4.78 is 37.0. The van der Waals surface area contributed by atoms with Gasteiger partial charge in [-0.2, -0.15) is 0 Å². The van der Waals surface area contributed by atoms with E-state index in [2.05, 4.69) is 5.32 Å². The van der Waals surface area contributed by atoms with Crippen LogP contribution in [0.3, 0.4) is 0 Å². The number of benzene rings is 2. The van der Waals surface area contributed by atoms with Gasteiger partial charge in [0.25, 0.3) is 0 Å². The third kappa shape index (κ3) is 6.90. The third-order valence-electron chi connectivity index (χ3n) is 6.11. The largest absolute Gasteiger partial charge is 0.454 e. The van der Waals surface area contributed by atoms with Crippen molar-refractivity contribution in [2.45, 2.75) is 52.6 Å². The van der Waals surface area contributed by atoms with E-state index in [-0.39, 0.29) is 38.0 Å². The monoisotopic (exact) mass is 517 g/mol. The van der Waals surface area contributed by atoms with Crippen LogP contribution in [0.5, 0.6) is 11.5 Å². The van der Waals surface area contributed by atoms with Crippen molar-refractivity contribution in [1.82, 2.24) is 10.2 Å². The van der Waals surface area contributed by atoms with Crippen LogP contribution in [-0.2, 0) is 26.2 Å². The van der Waals surface area contributed by atoms with Gasteiger partial charge in [-0.15, -0.1) is 0 Å². The molecule has 0 radical (unpaired) electrons. The van der Waals surface area contributed by atoms with Crippen LogP contribution in [0.2, 0.25) is 0 Å². The molecule has 0 spiro atoms. The van der Waals surface area contributed by atoms with Crippen molar-refractivity contribution in [3.63, 3.8) is 0 Å². The van der Waals surface area contributed by atoms with Gasteiger partial charge in [-0.05, 0) is 49.9 Å². The van der Waals surface area contributed by atoms with E-state index in [1.54, 1.807) is 30.0 Å². The molecule has 0 fully saturated rings. The first-order valence-corrected chi connectivity index (χ1v) is 14.0. The molecule has 9 nitrogen and oxygen atoms in total.